The van der Waals surface area contributed by atoms with E-state index >= 15 is 0 Å². The number of amides is 1. The molecule has 0 aliphatic heterocycles. The van der Waals surface area contributed by atoms with Crippen LogP contribution in [0.3, 0.4) is 0 Å². The van der Waals surface area contributed by atoms with Gasteiger partial charge in [-0.1, -0.05) is 24.3 Å². The predicted octanol–water partition coefficient (Wildman–Crippen LogP) is 3.46. The Morgan fingerprint density at radius 2 is 2.00 bits per heavy atom. The zero-order chi connectivity index (χ0) is 16.2. The number of hydrogen-bond donors (Lipinski definition) is 2. The number of nitrogens with zero attached hydrogens (tertiary/aromatic N) is 1. The minimum absolute atomic E-state index is 0.284. The lowest BCUT2D eigenvalue weighted by atomic mass is 10.1. The van der Waals surface area contributed by atoms with Crippen molar-refractivity contribution >= 4 is 22.6 Å². The average molecular weight is 319 g/mol. The summed E-state index contributed by atoms with van der Waals surface area (Å²) in [6.07, 6.45) is 0.291. The van der Waals surface area contributed by atoms with Crippen molar-refractivity contribution < 1.29 is 9.53 Å². The van der Waals surface area contributed by atoms with Crippen LogP contribution < -0.4 is 11.1 Å². The molecular formula is C16H21N3O2S. The minimum Gasteiger partial charge on any atom is -0.449 e. The maximum absolute atomic E-state index is 11.5. The summed E-state index contributed by atoms with van der Waals surface area (Å²) in [6.45, 7) is 6.10. The Bertz CT molecular complexity index is 630. The number of alkyl carbamates (subject to hydrolysis) is 1. The van der Waals surface area contributed by atoms with Gasteiger partial charge in [0.15, 0.2) is 5.13 Å². The lowest BCUT2D eigenvalue weighted by molar-refractivity contribution is 0.139. The van der Waals surface area contributed by atoms with Gasteiger partial charge in [-0.3, -0.25) is 0 Å². The van der Waals surface area contributed by atoms with Gasteiger partial charge in [0.1, 0.15) is 0 Å². The number of carbonyl (C=O) groups is 1. The molecule has 1 amide bonds. The normalized spacial score (nSPS) is 11.2. The summed E-state index contributed by atoms with van der Waals surface area (Å²) < 4.78 is 5.16. The quantitative estimate of drug-likeness (QED) is 0.904. The highest BCUT2D eigenvalue weighted by molar-refractivity contribution is 7.13. The number of hydrogen-bond acceptors (Lipinski definition) is 5. The average Bonchev–Trinajstić information content (AvgIpc) is 2.84. The summed E-state index contributed by atoms with van der Waals surface area (Å²) in [5, 5.41) is 5.26. The first-order valence-corrected chi connectivity index (χ1v) is 7.97. The zero-order valence-corrected chi connectivity index (χ0v) is 13.9. The zero-order valence-electron chi connectivity index (χ0n) is 13.1. The molecule has 3 N–H and O–H groups in total. The molecule has 5 nitrogen and oxygen atoms in total. The van der Waals surface area contributed by atoms with Gasteiger partial charge in [0, 0.05) is 22.9 Å². The van der Waals surface area contributed by atoms with E-state index in [9.17, 15) is 4.79 Å². The topological polar surface area (TPSA) is 77.2 Å². The Labute approximate surface area is 134 Å². The number of rotatable bonds is 4. The van der Waals surface area contributed by atoms with Crippen molar-refractivity contribution in [1.82, 2.24) is 10.3 Å². The number of aromatic nitrogens is 1. The van der Waals surface area contributed by atoms with E-state index in [0.717, 1.165) is 16.8 Å². The van der Waals surface area contributed by atoms with Crippen molar-refractivity contribution in [2.45, 2.75) is 32.7 Å². The number of ether oxygens (including phenoxy) is 1. The molecule has 2 aromatic rings. The minimum atomic E-state index is -0.387. The molecule has 118 valence electrons. The fraction of sp³-hybridized carbons (Fsp3) is 0.375. The van der Waals surface area contributed by atoms with Gasteiger partial charge in [-0.2, -0.15) is 0 Å². The van der Waals surface area contributed by atoms with E-state index in [4.69, 9.17) is 10.5 Å². The number of nitrogen functional groups attached to an aromatic ring is 1. The Morgan fingerprint density at radius 1 is 1.32 bits per heavy atom. The van der Waals surface area contributed by atoms with Crippen LogP contribution >= 0.6 is 11.3 Å². The van der Waals surface area contributed by atoms with Gasteiger partial charge >= 0.3 is 6.09 Å². The van der Waals surface area contributed by atoms with E-state index < -0.39 is 0 Å². The van der Waals surface area contributed by atoms with E-state index in [-0.39, 0.29) is 11.6 Å². The second kappa shape index (κ2) is 6.79. The summed E-state index contributed by atoms with van der Waals surface area (Å²) in [5.74, 6) is 0. The van der Waals surface area contributed by atoms with Crippen LogP contribution in [0.4, 0.5) is 9.93 Å². The maximum Gasteiger partial charge on any atom is 0.407 e. The number of benzene rings is 1. The number of carbonyl (C=O) groups excluding carboxylic acids is 1. The molecule has 1 aromatic carbocycles. The first-order valence-electron chi connectivity index (χ1n) is 7.09. The molecule has 1 heterocycles. The Balaban J connectivity index is 1.83. The molecule has 0 saturated carbocycles. The number of nitrogens with two attached hydrogens (primary N) is 1. The molecule has 0 saturated heterocycles. The van der Waals surface area contributed by atoms with Crippen LogP contribution in [0.2, 0.25) is 0 Å². The van der Waals surface area contributed by atoms with E-state index in [0.29, 0.717) is 18.2 Å². The smallest absolute Gasteiger partial charge is 0.407 e. The molecule has 0 radical (unpaired) electrons. The van der Waals surface area contributed by atoms with Gasteiger partial charge in [0.2, 0.25) is 0 Å². The van der Waals surface area contributed by atoms with Gasteiger partial charge in [0.25, 0.3) is 0 Å². The summed E-state index contributed by atoms with van der Waals surface area (Å²) in [6, 6.07) is 8.02. The van der Waals surface area contributed by atoms with Gasteiger partial charge in [-0.05, 0) is 26.3 Å². The molecule has 0 aliphatic carbocycles. The predicted molar refractivity (Wildman–Crippen MR) is 89.9 cm³/mol. The third-order valence-electron chi connectivity index (χ3n) is 2.87. The maximum atomic E-state index is 11.5. The highest BCUT2D eigenvalue weighted by Crippen LogP contribution is 2.23. The first kappa shape index (κ1) is 16.3. The van der Waals surface area contributed by atoms with Crippen molar-refractivity contribution in [2.75, 3.05) is 12.3 Å². The van der Waals surface area contributed by atoms with Crippen LogP contribution in [0.1, 0.15) is 26.3 Å². The second-order valence-corrected chi connectivity index (χ2v) is 6.92. The number of anilines is 1. The Morgan fingerprint density at radius 3 is 2.55 bits per heavy atom. The van der Waals surface area contributed by atoms with Crippen molar-refractivity contribution in [2.24, 2.45) is 0 Å². The lowest BCUT2D eigenvalue weighted by Gasteiger charge is -2.19. The molecule has 0 bridgehead atoms. The molecule has 22 heavy (non-hydrogen) atoms. The molecule has 0 atom stereocenters. The van der Waals surface area contributed by atoms with Crippen LogP contribution in [0.5, 0.6) is 0 Å². The summed E-state index contributed by atoms with van der Waals surface area (Å²) in [7, 11) is 0. The third-order valence-corrected chi connectivity index (χ3v) is 3.55. The fourth-order valence-corrected chi connectivity index (χ4v) is 2.44. The fourth-order valence-electron chi connectivity index (χ4n) is 1.87. The number of nitrogens with one attached hydrogen (secondary N) is 1. The molecular weight excluding hydrogens is 298 g/mol. The van der Waals surface area contributed by atoms with Crippen LogP contribution in [0.15, 0.2) is 29.6 Å². The first-order chi connectivity index (χ1) is 10.3. The third kappa shape index (κ3) is 5.04. The van der Waals surface area contributed by atoms with Crippen molar-refractivity contribution in [3.05, 3.63) is 35.2 Å². The summed E-state index contributed by atoms with van der Waals surface area (Å²) in [5.41, 5.74) is 8.37. The molecule has 6 heteroatoms. The van der Waals surface area contributed by atoms with E-state index in [1.165, 1.54) is 11.3 Å². The largest absolute Gasteiger partial charge is 0.449 e. The second-order valence-electron chi connectivity index (χ2n) is 6.03. The van der Waals surface area contributed by atoms with Gasteiger partial charge in [0.05, 0.1) is 12.3 Å². The molecule has 0 spiro atoms. The van der Waals surface area contributed by atoms with Crippen LogP contribution in [-0.4, -0.2) is 23.2 Å². The Hall–Kier alpha value is -2.08. The van der Waals surface area contributed by atoms with Gasteiger partial charge in [-0.15, -0.1) is 11.3 Å². The van der Waals surface area contributed by atoms with Crippen LogP contribution in [0, 0.1) is 0 Å². The molecule has 0 fully saturated rings. The van der Waals surface area contributed by atoms with E-state index in [1.807, 2.05) is 50.4 Å². The monoisotopic (exact) mass is 319 g/mol. The van der Waals surface area contributed by atoms with Crippen LogP contribution in [0.25, 0.3) is 11.3 Å². The van der Waals surface area contributed by atoms with E-state index in [2.05, 4.69) is 10.3 Å². The van der Waals surface area contributed by atoms with E-state index in [1.54, 1.807) is 0 Å². The molecule has 0 unspecified atom stereocenters. The summed E-state index contributed by atoms with van der Waals surface area (Å²) in [4.78, 5) is 15.8. The summed E-state index contributed by atoms with van der Waals surface area (Å²) >= 11 is 1.43. The molecule has 1 aromatic heterocycles. The molecule has 2 rings (SSSR count). The SMILES string of the molecule is CC(C)(C)NC(=O)OCCc1ccc(-c2csc(N)n2)cc1. The molecule has 0 aliphatic rings. The van der Waals surface area contributed by atoms with Crippen LogP contribution in [-0.2, 0) is 11.2 Å². The highest BCUT2D eigenvalue weighted by Gasteiger charge is 2.14. The van der Waals surface area contributed by atoms with Crippen molar-refractivity contribution in [3.8, 4) is 11.3 Å². The highest BCUT2D eigenvalue weighted by atomic mass is 32.1. The van der Waals surface area contributed by atoms with Crippen molar-refractivity contribution in [3.63, 3.8) is 0 Å². The Kier molecular flexibility index (Phi) is 5.03. The standard InChI is InChI=1S/C16H21N3O2S/c1-16(2,3)19-15(20)21-9-8-11-4-6-12(7-5-11)13-10-22-14(17)18-13/h4-7,10H,8-9H2,1-3H3,(H2,17,18)(H,19,20). The number of thiazole rings is 1. The van der Waals surface area contributed by atoms with Crippen molar-refractivity contribution in [1.29, 1.82) is 0 Å². The lowest BCUT2D eigenvalue weighted by Crippen LogP contribution is -2.41. The van der Waals surface area contributed by atoms with Gasteiger partial charge in [-0.25, -0.2) is 9.78 Å². The van der Waals surface area contributed by atoms with Gasteiger partial charge < -0.3 is 15.8 Å².